The van der Waals surface area contributed by atoms with E-state index in [1.165, 1.54) is 0 Å². The van der Waals surface area contributed by atoms with E-state index in [0.717, 1.165) is 22.5 Å². The molecule has 1 amide bonds. The number of carbonyl (C=O) groups excluding carboxylic acids is 1. The Kier molecular flexibility index (Phi) is 6.81. The third-order valence-corrected chi connectivity index (χ3v) is 6.17. The van der Waals surface area contributed by atoms with Crippen LogP contribution in [0, 0.1) is 0 Å². The number of amides is 1. The maximum atomic E-state index is 12.4. The summed E-state index contributed by atoms with van der Waals surface area (Å²) in [5.41, 5.74) is 3.08. The SMILES string of the molecule is CN(C)c1ccc(C2=Nc3cscc3COO2)c(OC2CCN(C(=O)OC(C)(C)C)CC2)c1. The van der Waals surface area contributed by atoms with Gasteiger partial charge < -0.3 is 24.2 Å². The minimum absolute atomic E-state index is 0.0381. The molecule has 3 heterocycles. The molecule has 0 bridgehead atoms. The fraction of sp³-hybridized carbons (Fsp3) is 0.500. The smallest absolute Gasteiger partial charge is 0.410 e. The Hall–Kier alpha value is -2.78. The number of benzene rings is 1. The fourth-order valence-electron chi connectivity index (χ4n) is 3.63. The normalized spacial score (nSPS) is 16.9. The second-order valence-electron chi connectivity index (χ2n) is 9.40. The summed E-state index contributed by atoms with van der Waals surface area (Å²) in [6, 6.07) is 5.93. The molecule has 0 N–H and O–H groups in total. The maximum Gasteiger partial charge on any atom is 0.410 e. The number of likely N-dealkylation sites (tertiary alicyclic amines) is 1. The van der Waals surface area contributed by atoms with Crippen LogP contribution in [0.5, 0.6) is 5.75 Å². The van der Waals surface area contributed by atoms with E-state index in [0.29, 0.717) is 44.2 Å². The lowest BCUT2D eigenvalue weighted by molar-refractivity contribution is -0.230. The van der Waals surface area contributed by atoms with Gasteiger partial charge in [0.15, 0.2) is 0 Å². The molecule has 0 unspecified atom stereocenters. The highest BCUT2D eigenvalue weighted by molar-refractivity contribution is 7.08. The summed E-state index contributed by atoms with van der Waals surface area (Å²) >= 11 is 1.58. The Bertz CT molecular complexity index is 1020. The van der Waals surface area contributed by atoms with Gasteiger partial charge >= 0.3 is 6.09 Å². The average molecular weight is 474 g/mol. The van der Waals surface area contributed by atoms with Gasteiger partial charge in [-0.05, 0) is 38.3 Å². The van der Waals surface area contributed by atoms with E-state index < -0.39 is 5.60 Å². The van der Waals surface area contributed by atoms with Crippen LogP contribution in [0.15, 0.2) is 34.0 Å². The fourth-order valence-corrected chi connectivity index (χ4v) is 4.38. The second-order valence-corrected chi connectivity index (χ2v) is 10.1. The number of rotatable bonds is 4. The molecule has 178 valence electrons. The van der Waals surface area contributed by atoms with Crippen molar-refractivity contribution in [1.82, 2.24) is 4.90 Å². The van der Waals surface area contributed by atoms with Crippen LogP contribution in [0.25, 0.3) is 0 Å². The molecule has 1 aromatic heterocycles. The van der Waals surface area contributed by atoms with E-state index in [1.54, 1.807) is 16.2 Å². The van der Waals surface area contributed by atoms with Gasteiger partial charge in [0.05, 0.1) is 11.3 Å². The summed E-state index contributed by atoms with van der Waals surface area (Å²) in [6.07, 6.45) is 1.11. The third-order valence-electron chi connectivity index (χ3n) is 5.39. The number of anilines is 1. The van der Waals surface area contributed by atoms with Crippen LogP contribution in [-0.4, -0.2) is 55.8 Å². The zero-order valence-corrected chi connectivity index (χ0v) is 20.6. The van der Waals surface area contributed by atoms with Gasteiger partial charge in [0.1, 0.15) is 24.1 Å². The lowest BCUT2D eigenvalue weighted by Crippen LogP contribution is -2.44. The second kappa shape index (κ2) is 9.61. The number of carbonyl (C=O) groups is 1. The number of fused-ring (bicyclic) bond motifs is 1. The Labute approximate surface area is 198 Å². The Balaban J connectivity index is 1.52. The first-order valence-electron chi connectivity index (χ1n) is 11.1. The zero-order chi connectivity index (χ0) is 23.6. The molecule has 0 saturated carbocycles. The number of nitrogens with zero attached hydrogens (tertiary/aromatic N) is 3. The highest BCUT2D eigenvalue weighted by Crippen LogP contribution is 2.33. The molecule has 1 saturated heterocycles. The van der Waals surface area contributed by atoms with Crippen molar-refractivity contribution in [3.63, 3.8) is 0 Å². The molecule has 2 aliphatic heterocycles. The highest BCUT2D eigenvalue weighted by Gasteiger charge is 2.29. The summed E-state index contributed by atoms with van der Waals surface area (Å²) < 4.78 is 12.0. The molecule has 9 heteroatoms. The molecule has 0 spiro atoms. The lowest BCUT2D eigenvalue weighted by atomic mass is 10.1. The Morgan fingerprint density at radius 2 is 1.97 bits per heavy atom. The molecule has 2 aromatic rings. The Morgan fingerprint density at radius 1 is 1.21 bits per heavy atom. The molecule has 2 aliphatic rings. The van der Waals surface area contributed by atoms with Crippen molar-refractivity contribution in [2.75, 3.05) is 32.1 Å². The predicted octanol–water partition coefficient (Wildman–Crippen LogP) is 5.13. The molecular formula is C24H31N3O5S. The van der Waals surface area contributed by atoms with Crippen LogP contribution >= 0.6 is 11.3 Å². The lowest BCUT2D eigenvalue weighted by Gasteiger charge is -2.33. The number of thiophene rings is 1. The molecule has 4 rings (SSSR count). The van der Waals surface area contributed by atoms with E-state index in [4.69, 9.17) is 19.2 Å². The molecule has 8 nitrogen and oxygen atoms in total. The van der Waals surface area contributed by atoms with Gasteiger partial charge in [0, 0.05) is 62.7 Å². The van der Waals surface area contributed by atoms with Crippen LogP contribution in [0.1, 0.15) is 44.7 Å². The first-order valence-corrected chi connectivity index (χ1v) is 12.0. The number of piperidine rings is 1. The standard InChI is InChI=1S/C24H31N3O5S/c1-24(2,3)31-23(28)27-10-8-18(9-11-27)30-21-12-17(26(4)5)6-7-19(21)22-25-20-15-33-14-16(20)13-29-32-22/h6-7,12,14-15,18H,8-11,13H2,1-5H3. The number of ether oxygens (including phenoxy) is 2. The van der Waals surface area contributed by atoms with Gasteiger partial charge in [-0.2, -0.15) is 4.89 Å². The molecule has 0 aliphatic carbocycles. The maximum absolute atomic E-state index is 12.4. The number of hydrogen-bond donors (Lipinski definition) is 0. The van der Waals surface area contributed by atoms with Crippen LogP contribution in [-0.2, 0) is 21.1 Å². The summed E-state index contributed by atoms with van der Waals surface area (Å²) in [5.74, 6) is 1.05. The zero-order valence-electron chi connectivity index (χ0n) is 19.8. The molecule has 1 aromatic carbocycles. The number of aliphatic imine (C=N–C) groups is 1. The average Bonchev–Trinajstić information content (AvgIpc) is 3.09. The summed E-state index contributed by atoms with van der Waals surface area (Å²) in [7, 11) is 3.97. The van der Waals surface area contributed by atoms with E-state index in [2.05, 4.69) is 4.99 Å². The molecule has 0 radical (unpaired) electrons. The number of hydrogen-bond acceptors (Lipinski definition) is 8. The van der Waals surface area contributed by atoms with Crippen LogP contribution in [0.2, 0.25) is 0 Å². The first kappa shape index (κ1) is 23.4. The van der Waals surface area contributed by atoms with Gasteiger partial charge in [-0.3, -0.25) is 0 Å². The highest BCUT2D eigenvalue weighted by atomic mass is 32.1. The van der Waals surface area contributed by atoms with Crippen molar-refractivity contribution in [2.24, 2.45) is 4.99 Å². The van der Waals surface area contributed by atoms with Gasteiger partial charge in [-0.1, -0.05) is 0 Å². The predicted molar refractivity (Wildman–Crippen MR) is 129 cm³/mol. The Morgan fingerprint density at radius 3 is 2.67 bits per heavy atom. The molecule has 1 fully saturated rings. The van der Waals surface area contributed by atoms with Crippen molar-refractivity contribution in [1.29, 1.82) is 0 Å². The van der Waals surface area contributed by atoms with Crippen LogP contribution in [0.3, 0.4) is 0 Å². The minimum atomic E-state index is -0.504. The van der Waals surface area contributed by atoms with Crippen molar-refractivity contribution < 1.29 is 24.0 Å². The van der Waals surface area contributed by atoms with Gasteiger partial charge in [0.2, 0.25) is 0 Å². The molecular weight excluding hydrogens is 442 g/mol. The van der Waals surface area contributed by atoms with Crippen molar-refractivity contribution >= 4 is 34.7 Å². The van der Waals surface area contributed by atoms with Crippen LogP contribution < -0.4 is 9.64 Å². The largest absolute Gasteiger partial charge is 0.489 e. The summed E-state index contributed by atoms with van der Waals surface area (Å²) in [5, 5.41) is 3.99. The van der Waals surface area contributed by atoms with Gasteiger partial charge in [0.25, 0.3) is 5.90 Å². The molecule has 0 atom stereocenters. The van der Waals surface area contributed by atoms with Gasteiger partial charge in [-0.15, -0.1) is 11.3 Å². The van der Waals surface area contributed by atoms with E-state index in [9.17, 15) is 4.79 Å². The molecule has 33 heavy (non-hydrogen) atoms. The van der Waals surface area contributed by atoms with Crippen molar-refractivity contribution in [3.8, 4) is 5.75 Å². The van der Waals surface area contributed by atoms with E-state index >= 15 is 0 Å². The summed E-state index contributed by atoms with van der Waals surface area (Å²) in [6.45, 7) is 7.15. The van der Waals surface area contributed by atoms with Crippen LogP contribution in [0.4, 0.5) is 16.2 Å². The van der Waals surface area contributed by atoms with Gasteiger partial charge in [-0.25, -0.2) is 9.79 Å². The topological polar surface area (TPSA) is 72.8 Å². The minimum Gasteiger partial charge on any atom is -0.489 e. The van der Waals surface area contributed by atoms with E-state index in [1.807, 2.05) is 68.7 Å². The quantitative estimate of drug-likeness (QED) is 0.573. The summed E-state index contributed by atoms with van der Waals surface area (Å²) in [4.78, 5) is 31.8. The van der Waals surface area contributed by atoms with Crippen molar-refractivity contribution in [3.05, 3.63) is 40.1 Å². The monoisotopic (exact) mass is 473 g/mol. The third kappa shape index (κ3) is 5.78. The van der Waals surface area contributed by atoms with Crippen molar-refractivity contribution in [2.45, 2.75) is 51.9 Å². The van der Waals surface area contributed by atoms with E-state index in [-0.39, 0.29) is 12.2 Å². The first-order chi connectivity index (χ1) is 15.7.